The van der Waals surface area contributed by atoms with Crippen molar-refractivity contribution < 1.29 is 9.53 Å². The van der Waals surface area contributed by atoms with Gasteiger partial charge in [-0.05, 0) is 29.4 Å². The van der Waals surface area contributed by atoms with E-state index in [1.807, 2.05) is 30.3 Å². The van der Waals surface area contributed by atoms with Crippen LogP contribution in [0.1, 0.15) is 46.6 Å². The van der Waals surface area contributed by atoms with Crippen molar-refractivity contribution in [3.05, 3.63) is 42.0 Å². The maximum absolute atomic E-state index is 12.1. The average molecular weight is 286 g/mol. The first-order valence-corrected chi connectivity index (χ1v) is 7.69. The Morgan fingerprint density at radius 1 is 1.14 bits per heavy atom. The van der Waals surface area contributed by atoms with E-state index in [1.54, 1.807) is 6.08 Å². The van der Waals surface area contributed by atoms with Crippen molar-refractivity contribution in [3.8, 4) is 0 Å². The Morgan fingerprint density at radius 2 is 1.76 bits per heavy atom. The molecule has 2 rings (SSSR count). The lowest BCUT2D eigenvalue weighted by Gasteiger charge is -2.40. The maximum atomic E-state index is 12.1. The number of carbonyl (C=O) groups excluding carboxylic acids is 1. The molecule has 0 spiro atoms. The molecule has 0 radical (unpaired) electrons. The molecule has 2 heteroatoms. The zero-order valence-corrected chi connectivity index (χ0v) is 13.7. The number of esters is 1. The summed E-state index contributed by atoms with van der Waals surface area (Å²) in [7, 11) is 0. The number of benzene rings is 1. The highest BCUT2D eigenvalue weighted by atomic mass is 16.5. The van der Waals surface area contributed by atoms with Gasteiger partial charge in [-0.1, -0.05) is 65.0 Å². The predicted molar refractivity (Wildman–Crippen MR) is 86.7 cm³/mol. The summed E-state index contributed by atoms with van der Waals surface area (Å²) < 4.78 is 5.73. The van der Waals surface area contributed by atoms with Gasteiger partial charge in [-0.25, -0.2) is 4.79 Å². The zero-order valence-electron chi connectivity index (χ0n) is 13.7. The van der Waals surface area contributed by atoms with Gasteiger partial charge in [0.15, 0.2) is 0 Å². The minimum Gasteiger partial charge on any atom is -0.459 e. The lowest BCUT2D eigenvalue weighted by atomic mass is 9.67. The van der Waals surface area contributed by atoms with Crippen LogP contribution in [0.4, 0.5) is 0 Å². The van der Waals surface area contributed by atoms with Crippen LogP contribution >= 0.6 is 0 Å². The fourth-order valence-electron chi connectivity index (χ4n) is 3.06. The molecule has 0 heterocycles. The first-order chi connectivity index (χ1) is 9.75. The molecule has 1 aliphatic carbocycles. The Bertz CT molecular complexity index is 526. The van der Waals surface area contributed by atoms with Gasteiger partial charge in [0.25, 0.3) is 0 Å². The highest BCUT2D eigenvalue weighted by Gasteiger charge is 2.54. The van der Waals surface area contributed by atoms with E-state index >= 15 is 0 Å². The molecular formula is C19H26O2. The van der Waals surface area contributed by atoms with Crippen LogP contribution in [0.5, 0.6) is 0 Å². The summed E-state index contributed by atoms with van der Waals surface area (Å²) in [5, 5.41) is 0. The molecule has 0 aliphatic heterocycles. The Balaban J connectivity index is 2.02. The molecule has 21 heavy (non-hydrogen) atoms. The summed E-state index contributed by atoms with van der Waals surface area (Å²) in [4.78, 5) is 12.1. The van der Waals surface area contributed by atoms with Gasteiger partial charge in [0, 0.05) is 11.5 Å². The Kier molecular flexibility index (Phi) is 4.27. The molecule has 0 N–H and O–H groups in total. The van der Waals surface area contributed by atoms with Crippen molar-refractivity contribution in [2.45, 2.75) is 47.1 Å². The largest absolute Gasteiger partial charge is 0.459 e. The van der Waals surface area contributed by atoms with E-state index in [2.05, 4.69) is 34.6 Å². The number of rotatable bonds is 3. The number of carbonyl (C=O) groups is 1. The van der Waals surface area contributed by atoms with Crippen molar-refractivity contribution in [2.75, 3.05) is 0 Å². The number of hydrogen-bond acceptors (Lipinski definition) is 2. The first-order valence-electron chi connectivity index (χ1n) is 7.69. The second-order valence-corrected chi connectivity index (χ2v) is 7.25. The maximum Gasteiger partial charge on any atom is 0.331 e. The second-order valence-electron chi connectivity index (χ2n) is 7.25. The third-order valence-electron chi connectivity index (χ3n) is 5.74. The second kappa shape index (κ2) is 5.67. The van der Waals surface area contributed by atoms with Crippen LogP contribution in [0, 0.1) is 16.7 Å². The van der Waals surface area contributed by atoms with Crippen LogP contribution in [0.3, 0.4) is 0 Å². The molecule has 0 bridgehead atoms. The van der Waals surface area contributed by atoms with Gasteiger partial charge in [-0.3, -0.25) is 0 Å². The molecule has 2 nitrogen and oxygen atoms in total. The first kappa shape index (κ1) is 15.8. The van der Waals surface area contributed by atoms with Gasteiger partial charge < -0.3 is 4.74 Å². The minimum atomic E-state index is -0.248. The van der Waals surface area contributed by atoms with E-state index in [-0.39, 0.29) is 22.9 Å². The van der Waals surface area contributed by atoms with Gasteiger partial charge in [-0.15, -0.1) is 0 Å². The Morgan fingerprint density at radius 3 is 2.29 bits per heavy atom. The van der Waals surface area contributed by atoms with Gasteiger partial charge >= 0.3 is 5.97 Å². The van der Waals surface area contributed by atoms with E-state index in [0.29, 0.717) is 5.92 Å². The predicted octanol–water partition coefficient (Wildman–Crippen LogP) is 4.70. The lowest BCUT2D eigenvalue weighted by Crippen LogP contribution is -2.38. The summed E-state index contributed by atoms with van der Waals surface area (Å²) >= 11 is 0. The zero-order chi connectivity index (χ0) is 15.7. The van der Waals surface area contributed by atoms with Crippen LogP contribution in [0.15, 0.2) is 36.4 Å². The van der Waals surface area contributed by atoms with Crippen LogP contribution in [0.2, 0.25) is 0 Å². The Hall–Kier alpha value is -1.57. The molecule has 0 amide bonds. The van der Waals surface area contributed by atoms with E-state index < -0.39 is 0 Å². The Labute approximate surface area is 128 Å². The van der Waals surface area contributed by atoms with Crippen molar-refractivity contribution in [3.63, 3.8) is 0 Å². The number of ether oxygens (including phenoxy) is 1. The summed E-state index contributed by atoms with van der Waals surface area (Å²) in [6.07, 6.45) is 4.25. The van der Waals surface area contributed by atoms with Gasteiger partial charge in [0.2, 0.25) is 0 Å². The minimum absolute atomic E-state index is 0.0112. The number of hydrogen-bond donors (Lipinski definition) is 0. The topological polar surface area (TPSA) is 26.3 Å². The molecule has 1 fully saturated rings. The van der Waals surface area contributed by atoms with Gasteiger partial charge in [0.1, 0.15) is 6.10 Å². The lowest BCUT2D eigenvalue weighted by molar-refractivity contribution is -0.149. The highest BCUT2D eigenvalue weighted by Crippen LogP contribution is 2.56. The summed E-state index contributed by atoms with van der Waals surface area (Å²) in [5.41, 5.74) is 1.16. The molecule has 1 aliphatic rings. The van der Waals surface area contributed by atoms with Crippen LogP contribution in [-0.2, 0) is 9.53 Å². The van der Waals surface area contributed by atoms with E-state index in [0.717, 1.165) is 12.0 Å². The third-order valence-corrected chi connectivity index (χ3v) is 5.74. The average Bonchev–Trinajstić information content (AvgIpc) is 2.58. The van der Waals surface area contributed by atoms with E-state index in [4.69, 9.17) is 4.74 Å². The van der Waals surface area contributed by atoms with Crippen LogP contribution in [0.25, 0.3) is 6.08 Å². The monoisotopic (exact) mass is 286 g/mol. The van der Waals surface area contributed by atoms with Gasteiger partial charge in [0.05, 0.1) is 0 Å². The van der Waals surface area contributed by atoms with E-state index in [9.17, 15) is 4.79 Å². The highest BCUT2D eigenvalue weighted by molar-refractivity contribution is 5.87. The molecule has 2 unspecified atom stereocenters. The van der Waals surface area contributed by atoms with Crippen molar-refractivity contribution in [1.29, 1.82) is 0 Å². The quantitative estimate of drug-likeness (QED) is 0.594. The molecule has 1 aromatic rings. The van der Waals surface area contributed by atoms with Crippen molar-refractivity contribution >= 4 is 12.0 Å². The standard InChI is InChI=1S/C19H26O2/c1-14-13-16(19(4,5)18(14,2)3)21-17(20)12-11-15-9-7-6-8-10-15/h6-12,14,16H,13H2,1-5H3/b12-11+. The normalized spacial score (nSPS) is 26.9. The van der Waals surface area contributed by atoms with E-state index in [1.165, 1.54) is 6.08 Å². The SMILES string of the molecule is CC1CC(OC(=O)/C=C/c2ccccc2)C(C)(C)C1(C)C. The smallest absolute Gasteiger partial charge is 0.331 e. The third kappa shape index (κ3) is 3.04. The molecule has 1 saturated carbocycles. The fourth-order valence-corrected chi connectivity index (χ4v) is 3.06. The molecule has 0 saturated heterocycles. The molecule has 1 aromatic carbocycles. The molecule has 2 atom stereocenters. The summed E-state index contributed by atoms with van der Waals surface area (Å²) in [5.74, 6) is 0.297. The summed E-state index contributed by atoms with van der Waals surface area (Å²) in [6, 6.07) is 9.80. The van der Waals surface area contributed by atoms with Gasteiger partial charge in [-0.2, -0.15) is 0 Å². The molecular weight excluding hydrogens is 260 g/mol. The summed E-state index contributed by atoms with van der Waals surface area (Å²) in [6.45, 7) is 11.2. The van der Waals surface area contributed by atoms with Crippen molar-refractivity contribution in [2.24, 2.45) is 16.7 Å². The van der Waals surface area contributed by atoms with Crippen LogP contribution in [-0.4, -0.2) is 12.1 Å². The molecule has 0 aromatic heterocycles. The van der Waals surface area contributed by atoms with Crippen molar-refractivity contribution in [1.82, 2.24) is 0 Å². The fraction of sp³-hybridized carbons (Fsp3) is 0.526. The molecule has 114 valence electrons. The van der Waals surface area contributed by atoms with Crippen LogP contribution < -0.4 is 0 Å².